The Morgan fingerprint density at radius 2 is 1.74 bits per heavy atom. The van der Waals surface area contributed by atoms with Crippen LogP contribution in [0.5, 0.6) is 5.75 Å². The Morgan fingerprint density at radius 1 is 1.04 bits per heavy atom. The maximum Gasteiger partial charge on any atom is 0.339 e. The van der Waals surface area contributed by atoms with Gasteiger partial charge in [-0.1, -0.05) is 30.3 Å². The Labute approximate surface area is 157 Å². The lowest BCUT2D eigenvalue weighted by atomic mass is 9.90. The van der Waals surface area contributed by atoms with Gasteiger partial charge in [0, 0.05) is 22.1 Å². The van der Waals surface area contributed by atoms with Gasteiger partial charge in [0.2, 0.25) is 5.78 Å². The molecule has 0 saturated carbocycles. The summed E-state index contributed by atoms with van der Waals surface area (Å²) in [5.74, 6) is 0.486. The van der Waals surface area contributed by atoms with E-state index in [1.165, 1.54) is 0 Å². The summed E-state index contributed by atoms with van der Waals surface area (Å²) < 4.78 is 11.6. The molecular formula is C23H22O4. The van der Waals surface area contributed by atoms with E-state index in [4.69, 9.17) is 9.15 Å². The van der Waals surface area contributed by atoms with Crippen molar-refractivity contribution in [1.82, 2.24) is 0 Å². The molecule has 1 aliphatic rings. The number of carbonyl (C=O) groups excluding carboxylic acids is 1. The number of carbonyl (C=O) groups is 1. The fraction of sp³-hybridized carbons (Fsp3) is 0.304. The second kappa shape index (κ2) is 7.03. The standard InChI is InChI=1S/C23H22O4/c1-14-20(26-15(2)21(24)16-8-4-3-5-9-16)13-12-18-17-10-6-7-11-19(17)23(25)27-22(14)18/h3-5,8-9,12-13,15H,6-7,10-11H2,1-2H3/t15-/m1/s1. The minimum atomic E-state index is -0.632. The number of benzene rings is 2. The minimum Gasteiger partial charge on any atom is -0.482 e. The predicted molar refractivity (Wildman–Crippen MR) is 105 cm³/mol. The molecule has 27 heavy (non-hydrogen) atoms. The van der Waals surface area contributed by atoms with Gasteiger partial charge in [0.15, 0.2) is 6.10 Å². The number of ketones is 1. The van der Waals surface area contributed by atoms with Gasteiger partial charge in [0.1, 0.15) is 11.3 Å². The highest BCUT2D eigenvalue weighted by Crippen LogP contribution is 2.33. The normalized spacial score (nSPS) is 14.6. The van der Waals surface area contributed by atoms with E-state index in [1.54, 1.807) is 19.1 Å². The highest BCUT2D eigenvalue weighted by atomic mass is 16.5. The van der Waals surface area contributed by atoms with Crippen LogP contribution < -0.4 is 10.4 Å². The first-order valence-electron chi connectivity index (χ1n) is 9.40. The summed E-state index contributed by atoms with van der Waals surface area (Å²) in [5.41, 5.74) is 3.61. The Hall–Kier alpha value is -2.88. The molecule has 0 aliphatic heterocycles. The molecular weight excluding hydrogens is 340 g/mol. The van der Waals surface area contributed by atoms with Gasteiger partial charge in [-0.05, 0) is 57.2 Å². The predicted octanol–water partition coefficient (Wildman–Crippen LogP) is 4.63. The summed E-state index contributed by atoms with van der Waals surface area (Å²) in [4.78, 5) is 25.0. The van der Waals surface area contributed by atoms with E-state index < -0.39 is 6.10 Å². The van der Waals surface area contributed by atoms with Gasteiger partial charge in [-0.2, -0.15) is 0 Å². The van der Waals surface area contributed by atoms with Crippen LogP contribution >= 0.6 is 0 Å². The molecule has 1 atom stereocenters. The number of hydrogen-bond acceptors (Lipinski definition) is 4. The average molecular weight is 362 g/mol. The third-order valence-electron chi connectivity index (χ3n) is 5.32. The lowest BCUT2D eigenvalue weighted by Crippen LogP contribution is -2.24. The van der Waals surface area contributed by atoms with Crippen molar-refractivity contribution in [2.24, 2.45) is 0 Å². The molecule has 0 saturated heterocycles. The monoisotopic (exact) mass is 362 g/mol. The van der Waals surface area contributed by atoms with Crippen molar-refractivity contribution in [3.63, 3.8) is 0 Å². The third-order valence-corrected chi connectivity index (χ3v) is 5.32. The fourth-order valence-electron chi connectivity index (χ4n) is 3.83. The van der Waals surface area contributed by atoms with Crippen LogP contribution in [0.4, 0.5) is 0 Å². The molecule has 2 aromatic carbocycles. The largest absolute Gasteiger partial charge is 0.482 e. The average Bonchev–Trinajstić information content (AvgIpc) is 2.71. The van der Waals surface area contributed by atoms with E-state index in [0.29, 0.717) is 16.9 Å². The van der Waals surface area contributed by atoms with Crippen LogP contribution in [0.15, 0.2) is 51.7 Å². The van der Waals surface area contributed by atoms with Gasteiger partial charge in [-0.3, -0.25) is 4.79 Å². The maximum absolute atomic E-state index is 12.6. The zero-order valence-corrected chi connectivity index (χ0v) is 15.6. The third kappa shape index (κ3) is 3.16. The lowest BCUT2D eigenvalue weighted by Gasteiger charge is -2.19. The molecule has 0 unspecified atom stereocenters. The van der Waals surface area contributed by atoms with Crippen molar-refractivity contribution in [3.05, 3.63) is 75.1 Å². The van der Waals surface area contributed by atoms with Gasteiger partial charge in [-0.25, -0.2) is 4.79 Å². The van der Waals surface area contributed by atoms with Crippen molar-refractivity contribution in [2.75, 3.05) is 0 Å². The number of Topliss-reactive ketones (excluding diaryl/α,β-unsaturated/α-hetero) is 1. The second-order valence-electron chi connectivity index (χ2n) is 7.11. The molecule has 4 rings (SSSR count). The minimum absolute atomic E-state index is 0.0815. The first-order chi connectivity index (χ1) is 13.1. The molecule has 138 valence electrons. The van der Waals surface area contributed by atoms with Gasteiger partial charge >= 0.3 is 5.63 Å². The number of rotatable bonds is 4. The molecule has 1 aliphatic carbocycles. The zero-order chi connectivity index (χ0) is 19.0. The zero-order valence-electron chi connectivity index (χ0n) is 15.6. The van der Waals surface area contributed by atoms with Crippen molar-refractivity contribution < 1.29 is 13.9 Å². The van der Waals surface area contributed by atoms with Crippen molar-refractivity contribution >= 4 is 16.8 Å². The fourth-order valence-corrected chi connectivity index (χ4v) is 3.83. The Kier molecular flexibility index (Phi) is 4.56. The molecule has 4 heteroatoms. The molecule has 1 aromatic heterocycles. The van der Waals surface area contributed by atoms with Crippen molar-refractivity contribution in [3.8, 4) is 5.75 Å². The Balaban J connectivity index is 1.70. The van der Waals surface area contributed by atoms with Crippen LogP contribution in [0.1, 0.15) is 46.8 Å². The number of ether oxygens (including phenoxy) is 1. The Bertz CT molecular complexity index is 1060. The molecule has 0 spiro atoms. The van der Waals surface area contributed by atoms with Crippen LogP contribution in [0.25, 0.3) is 11.0 Å². The van der Waals surface area contributed by atoms with Crippen LogP contribution in [-0.2, 0) is 12.8 Å². The number of hydrogen-bond donors (Lipinski definition) is 0. The van der Waals surface area contributed by atoms with Crippen LogP contribution in [-0.4, -0.2) is 11.9 Å². The van der Waals surface area contributed by atoms with Gasteiger partial charge < -0.3 is 9.15 Å². The van der Waals surface area contributed by atoms with E-state index in [2.05, 4.69) is 0 Å². The molecule has 0 bridgehead atoms. The summed E-state index contributed by atoms with van der Waals surface area (Å²) in [6, 6.07) is 12.9. The van der Waals surface area contributed by atoms with Gasteiger partial charge in [0.25, 0.3) is 0 Å². The maximum atomic E-state index is 12.6. The number of fused-ring (bicyclic) bond motifs is 3. The first-order valence-corrected chi connectivity index (χ1v) is 9.40. The lowest BCUT2D eigenvalue weighted by molar-refractivity contribution is 0.0817. The quantitative estimate of drug-likeness (QED) is 0.501. The molecule has 4 nitrogen and oxygen atoms in total. The first kappa shape index (κ1) is 17.5. The summed E-state index contributed by atoms with van der Waals surface area (Å²) in [7, 11) is 0. The van der Waals surface area contributed by atoms with Crippen LogP contribution in [0.3, 0.4) is 0 Å². The molecule has 0 fully saturated rings. The van der Waals surface area contributed by atoms with E-state index in [9.17, 15) is 9.59 Å². The summed E-state index contributed by atoms with van der Waals surface area (Å²) in [5, 5.41) is 0.983. The van der Waals surface area contributed by atoms with Crippen molar-refractivity contribution in [1.29, 1.82) is 0 Å². The van der Waals surface area contributed by atoms with Crippen LogP contribution in [0, 0.1) is 6.92 Å². The summed E-state index contributed by atoms with van der Waals surface area (Å²) in [6.07, 6.45) is 3.18. The molecule has 0 N–H and O–H groups in total. The van der Waals surface area contributed by atoms with Gasteiger partial charge in [-0.15, -0.1) is 0 Å². The second-order valence-corrected chi connectivity index (χ2v) is 7.11. The molecule has 3 aromatic rings. The molecule has 0 radical (unpaired) electrons. The Morgan fingerprint density at radius 3 is 2.48 bits per heavy atom. The molecule has 0 amide bonds. The van der Waals surface area contributed by atoms with E-state index >= 15 is 0 Å². The van der Waals surface area contributed by atoms with E-state index in [1.807, 2.05) is 37.3 Å². The van der Waals surface area contributed by atoms with Crippen molar-refractivity contribution in [2.45, 2.75) is 45.6 Å². The van der Waals surface area contributed by atoms with Gasteiger partial charge in [0.05, 0.1) is 0 Å². The number of aryl methyl sites for hydroxylation is 2. The summed E-state index contributed by atoms with van der Waals surface area (Å²) >= 11 is 0. The SMILES string of the molecule is Cc1c(O[C@H](C)C(=O)c2ccccc2)ccc2c3c(c(=O)oc12)CCCC3. The topological polar surface area (TPSA) is 56.5 Å². The summed E-state index contributed by atoms with van der Waals surface area (Å²) in [6.45, 7) is 3.61. The van der Waals surface area contributed by atoms with E-state index in [-0.39, 0.29) is 11.4 Å². The smallest absolute Gasteiger partial charge is 0.339 e. The highest BCUT2D eigenvalue weighted by Gasteiger charge is 2.22. The van der Waals surface area contributed by atoms with E-state index in [0.717, 1.165) is 47.8 Å². The highest BCUT2D eigenvalue weighted by molar-refractivity contribution is 5.99. The van der Waals surface area contributed by atoms with Crippen LogP contribution in [0.2, 0.25) is 0 Å². The molecule has 1 heterocycles.